The van der Waals surface area contributed by atoms with Crippen LogP contribution in [0.15, 0.2) is 10.7 Å². The molecule has 2 saturated carbocycles. The number of nitrogens with zero attached hydrogens (tertiary/aromatic N) is 5. The van der Waals surface area contributed by atoms with E-state index in [9.17, 15) is 17.6 Å². The fourth-order valence-electron chi connectivity index (χ4n) is 4.31. The minimum absolute atomic E-state index is 0.0528. The first-order valence-electron chi connectivity index (χ1n) is 10.1. The van der Waals surface area contributed by atoms with E-state index in [2.05, 4.69) is 19.9 Å². The summed E-state index contributed by atoms with van der Waals surface area (Å²) in [6.07, 6.45) is 1.27. The first-order chi connectivity index (χ1) is 14.1. The topological polar surface area (TPSA) is 94.0 Å². The summed E-state index contributed by atoms with van der Waals surface area (Å²) in [5.74, 6) is -4.63. The number of anilines is 2. The second-order valence-electron chi connectivity index (χ2n) is 8.15. The van der Waals surface area contributed by atoms with Crippen LogP contribution in [0.4, 0.5) is 29.5 Å². The lowest BCUT2D eigenvalue weighted by Gasteiger charge is -2.43. The van der Waals surface area contributed by atoms with Crippen molar-refractivity contribution in [3.8, 4) is 11.5 Å². The van der Waals surface area contributed by atoms with Gasteiger partial charge in [0.15, 0.2) is 11.7 Å². The molecule has 2 aromatic heterocycles. The molecular formula is C19H24F4N6O. The van der Waals surface area contributed by atoms with Crippen molar-refractivity contribution in [1.82, 2.24) is 19.9 Å². The molecule has 2 aliphatic carbocycles. The lowest BCUT2D eigenvalue weighted by molar-refractivity contribution is -0.0459. The van der Waals surface area contributed by atoms with Crippen LogP contribution >= 0.6 is 0 Å². The standard InChI is InChI=1S/C19H24F4N6O/c1-11-25-14(10-30-11)15-26-16(24)28-17(27-15)29(12-2-6-18(20,21)7-3-12)13-4-8-19(22,23)9-5-13/h10,12-13H,2-9H2,1H3,(H2,24,26,27,28). The van der Waals surface area contributed by atoms with Gasteiger partial charge >= 0.3 is 0 Å². The Balaban J connectivity index is 1.68. The third-order valence-electron chi connectivity index (χ3n) is 5.88. The molecule has 7 nitrogen and oxygen atoms in total. The number of rotatable bonds is 4. The average molecular weight is 428 g/mol. The molecular weight excluding hydrogens is 404 g/mol. The number of alkyl halides is 4. The van der Waals surface area contributed by atoms with Gasteiger partial charge in [0.05, 0.1) is 0 Å². The maximum atomic E-state index is 13.7. The van der Waals surface area contributed by atoms with Gasteiger partial charge in [-0.05, 0) is 25.7 Å². The van der Waals surface area contributed by atoms with E-state index in [0.717, 1.165) is 0 Å². The Morgan fingerprint density at radius 2 is 1.43 bits per heavy atom. The molecule has 2 fully saturated rings. The molecule has 0 amide bonds. The molecule has 2 heterocycles. The molecule has 0 aliphatic heterocycles. The zero-order valence-corrected chi connectivity index (χ0v) is 16.6. The van der Waals surface area contributed by atoms with Crippen LogP contribution in [0.2, 0.25) is 0 Å². The number of aromatic nitrogens is 4. The molecule has 11 heteroatoms. The van der Waals surface area contributed by atoms with Gasteiger partial charge < -0.3 is 15.1 Å². The van der Waals surface area contributed by atoms with Gasteiger partial charge in [0.1, 0.15) is 12.0 Å². The van der Waals surface area contributed by atoms with Gasteiger partial charge in [-0.2, -0.15) is 15.0 Å². The Morgan fingerprint density at radius 1 is 0.900 bits per heavy atom. The molecule has 2 N–H and O–H groups in total. The van der Waals surface area contributed by atoms with Crippen molar-refractivity contribution in [2.24, 2.45) is 0 Å². The minimum Gasteiger partial charge on any atom is -0.449 e. The van der Waals surface area contributed by atoms with E-state index in [0.29, 0.717) is 11.6 Å². The molecule has 2 aromatic rings. The summed E-state index contributed by atoms with van der Waals surface area (Å²) in [4.78, 5) is 18.8. The van der Waals surface area contributed by atoms with Crippen LogP contribution in [0.3, 0.4) is 0 Å². The zero-order chi connectivity index (χ0) is 21.5. The fraction of sp³-hybridized carbons (Fsp3) is 0.684. The molecule has 0 aromatic carbocycles. The predicted octanol–water partition coefficient (Wildman–Crippen LogP) is 4.38. The molecule has 0 spiro atoms. The molecule has 2 aliphatic rings. The largest absolute Gasteiger partial charge is 0.449 e. The van der Waals surface area contributed by atoms with Crippen molar-refractivity contribution in [3.63, 3.8) is 0 Å². The van der Waals surface area contributed by atoms with Crippen molar-refractivity contribution in [2.45, 2.75) is 82.2 Å². The zero-order valence-electron chi connectivity index (χ0n) is 16.6. The van der Waals surface area contributed by atoms with Crippen LogP contribution in [-0.2, 0) is 0 Å². The number of halogens is 4. The van der Waals surface area contributed by atoms with Crippen molar-refractivity contribution >= 4 is 11.9 Å². The monoisotopic (exact) mass is 428 g/mol. The Kier molecular flexibility index (Phi) is 5.31. The number of hydrogen-bond acceptors (Lipinski definition) is 7. The van der Waals surface area contributed by atoms with E-state index >= 15 is 0 Å². The second kappa shape index (κ2) is 7.66. The SMILES string of the molecule is Cc1nc(-c2nc(N)nc(N(C3CCC(F)(F)CC3)C3CCC(F)(F)CC3)n2)co1. The Hall–Kier alpha value is -2.46. The average Bonchev–Trinajstić information content (AvgIpc) is 3.10. The van der Waals surface area contributed by atoms with E-state index in [1.165, 1.54) is 6.26 Å². The predicted molar refractivity (Wildman–Crippen MR) is 101 cm³/mol. The lowest BCUT2D eigenvalue weighted by Crippen LogP contribution is -2.50. The van der Waals surface area contributed by atoms with Crippen LogP contribution in [0.1, 0.15) is 57.3 Å². The lowest BCUT2D eigenvalue weighted by atomic mass is 9.86. The Bertz CT molecular complexity index is 857. The van der Waals surface area contributed by atoms with Crippen LogP contribution in [-0.4, -0.2) is 43.9 Å². The van der Waals surface area contributed by atoms with E-state index in [1.807, 2.05) is 4.90 Å². The summed E-state index contributed by atoms with van der Waals surface area (Å²) in [6, 6.07) is -0.565. The first-order valence-corrected chi connectivity index (χ1v) is 10.1. The maximum absolute atomic E-state index is 13.7. The molecule has 4 rings (SSSR count). The molecule has 0 unspecified atom stereocenters. The van der Waals surface area contributed by atoms with Crippen LogP contribution in [0.25, 0.3) is 11.5 Å². The Morgan fingerprint density at radius 3 is 1.90 bits per heavy atom. The molecule has 30 heavy (non-hydrogen) atoms. The van der Waals surface area contributed by atoms with Crippen molar-refractivity contribution in [2.75, 3.05) is 10.6 Å². The number of nitrogen functional groups attached to an aromatic ring is 1. The van der Waals surface area contributed by atoms with Gasteiger partial charge in [-0.3, -0.25) is 0 Å². The highest BCUT2D eigenvalue weighted by atomic mass is 19.3. The highest BCUT2D eigenvalue weighted by molar-refractivity contribution is 5.52. The third-order valence-corrected chi connectivity index (χ3v) is 5.88. The maximum Gasteiger partial charge on any atom is 0.248 e. The fourth-order valence-corrected chi connectivity index (χ4v) is 4.31. The smallest absolute Gasteiger partial charge is 0.248 e. The molecule has 0 radical (unpaired) electrons. The molecule has 0 saturated heterocycles. The highest BCUT2D eigenvalue weighted by Crippen LogP contribution is 2.41. The number of nitrogens with two attached hydrogens (primary N) is 1. The number of oxazole rings is 1. The minimum atomic E-state index is -2.71. The third kappa shape index (κ3) is 4.49. The van der Waals surface area contributed by atoms with Crippen LogP contribution in [0, 0.1) is 6.92 Å². The first kappa shape index (κ1) is 20.8. The summed E-state index contributed by atoms with van der Waals surface area (Å²) in [7, 11) is 0. The van der Waals surface area contributed by atoms with Gasteiger partial charge in [-0.1, -0.05) is 0 Å². The van der Waals surface area contributed by atoms with E-state index in [1.54, 1.807) is 6.92 Å². The number of hydrogen-bond donors (Lipinski definition) is 1. The van der Waals surface area contributed by atoms with Crippen molar-refractivity contribution < 1.29 is 22.0 Å². The summed E-state index contributed by atoms with van der Waals surface area (Å²) in [5.41, 5.74) is 6.27. The van der Waals surface area contributed by atoms with E-state index in [4.69, 9.17) is 10.2 Å². The summed E-state index contributed by atoms with van der Waals surface area (Å²) < 4.78 is 60.2. The van der Waals surface area contributed by atoms with Gasteiger partial charge in [0.25, 0.3) is 0 Å². The number of aryl methyl sites for hydroxylation is 1. The van der Waals surface area contributed by atoms with Gasteiger partial charge in [0, 0.05) is 44.7 Å². The summed E-state index contributed by atoms with van der Waals surface area (Å²) >= 11 is 0. The summed E-state index contributed by atoms with van der Waals surface area (Å²) in [5, 5.41) is 0. The van der Waals surface area contributed by atoms with Gasteiger partial charge in [-0.15, -0.1) is 0 Å². The molecule has 0 atom stereocenters. The summed E-state index contributed by atoms with van der Waals surface area (Å²) in [6.45, 7) is 1.67. The highest BCUT2D eigenvalue weighted by Gasteiger charge is 2.43. The van der Waals surface area contributed by atoms with Crippen molar-refractivity contribution in [1.29, 1.82) is 0 Å². The normalized spacial score (nSPS) is 22.2. The Labute approximate surface area is 171 Å². The second-order valence-corrected chi connectivity index (χ2v) is 8.15. The van der Waals surface area contributed by atoms with Crippen molar-refractivity contribution in [3.05, 3.63) is 12.2 Å². The molecule has 164 valence electrons. The van der Waals surface area contributed by atoms with Crippen LogP contribution < -0.4 is 10.6 Å². The van der Waals surface area contributed by atoms with E-state index < -0.39 is 11.8 Å². The van der Waals surface area contributed by atoms with Crippen LogP contribution in [0.5, 0.6) is 0 Å². The molecule has 0 bridgehead atoms. The van der Waals surface area contributed by atoms with E-state index in [-0.39, 0.29) is 81.2 Å². The quantitative estimate of drug-likeness (QED) is 0.722. The van der Waals surface area contributed by atoms with Gasteiger partial charge in [0.2, 0.25) is 23.7 Å². The van der Waals surface area contributed by atoms with Gasteiger partial charge in [-0.25, -0.2) is 22.5 Å².